The van der Waals surface area contributed by atoms with Crippen LogP contribution in [0.15, 0.2) is 0 Å². The van der Waals surface area contributed by atoms with E-state index in [1.807, 2.05) is 6.19 Å². The van der Waals surface area contributed by atoms with Crippen molar-refractivity contribution < 1.29 is 0 Å². The third-order valence-electron chi connectivity index (χ3n) is 1.43. The smallest absolute Gasteiger partial charge is 0.180 e. The Bertz CT molecular complexity index is 115. The molecule has 3 heteroatoms. The van der Waals surface area contributed by atoms with Crippen LogP contribution in [0.4, 0.5) is 0 Å². The second-order valence-electron chi connectivity index (χ2n) is 2.00. The minimum absolute atomic E-state index is 0.000000000000000222. The summed E-state index contributed by atoms with van der Waals surface area (Å²) >= 11 is 0. The summed E-state index contributed by atoms with van der Waals surface area (Å²) in [4.78, 5) is 1.61. The van der Waals surface area contributed by atoms with Gasteiger partial charge >= 0.3 is 0 Å². The van der Waals surface area contributed by atoms with E-state index in [0.717, 1.165) is 19.4 Å². The van der Waals surface area contributed by atoms with Crippen LogP contribution < -0.4 is 5.73 Å². The van der Waals surface area contributed by atoms with Crippen molar-refractivity contribution in [3.63, 3.8) is 0 Å². The minimum Gasteiger partial charge on any atom is -0.311 e. The predicted molar refractivity (Wildman–Crippen MR) is 29.5 cm³/mol. The van der Waals surface area contributed by atoms with Crippen molar-refractivity contribution in [3.05, 3.63) is 0 Å². The monoisotopic (exact) mass is 111 g/mol. The Labute approximate surface area is 48.7 Å². The van der Waals surface area contributed by atoms with Gasteiger partial charge in [0, 0.05) is 6.54 Å². The average Bonchev–Trinajstić information content (AvgIpc) is 2.14. The number of hydrogen-bond donors (Lipinski definition) is 1. The summed E-state index contributed by atoms with van der Waals surface area (Å²) in [6.07, 6.45) is 4.05. The van der Waals surface area contributed by atoms with Gasteiger partial charge < -0.3 is 5.73 Å². The lowest BCUT2D eigenvalue weighted by Crippen LogP contribution is -2.32. The molecule has 0 aromatic heterocycles. The first kappa shape index (κ1) is 5.39. The first-order valence-electron chi connectivity index (χ1n) is 2.76. The summed E-state index contributed by atoms with van der Waals surface area (Å²) in [7, 11) is 0. The van der Waals surface area contributed by atoms with Gasteiger partial charge in [0.05, 0.1) is 6.17 Å². The van der Waals surface area contributed by atoms with Crippen LogP contribution in [0.1, 0.15) is 12.8 Å². The van der Waals surface area contributed by atoms with Crippen LogP contribution in [0.25, 0.3) is 0 Å². The molecule has 1 atom stereocenters. The minimum atomic E-state index is -0.000000000000000222. The molecular formula is C5H9N3. The van der Waals surface area contributed by atoms with Crippen molar-refractivity contribution in [1.29, 1.82) is 5.26 Å². The van der Waals surface area contributed by atoms with Crippen molar-refractivity contribution in [3.8, 4) is 6.19 Å². The fourth-order valence-corrected chi connectivity index (χ4v) is 0.917. The first-order chi connectivity index (χ1) is 3.84. The highest BCUT2D eigenvalue weighted by Gasteiger charge is 2.17. The molecule has 0 radical (unpaired) electrons. The van der Waals surface area contributed by atoms with Gasteiger partial charge in [-0.25, -0.2) is 0 Å². The van der Waals surface area contributed by atoms with Crippen molar-refractivity contribution in [2.75, 3.05) is 6.54 Å². The van der Waals surface area contributed by atoms with E-state index < -0.39 is 0 Å². The van der Waals surface area contributed by atoms with Crippen molar-refractivity contribution in [1.82, 2.24) is 4.90 Å². The van der Waals surface area contributed by atoms with Crippen molar-refractivity contribution in [2.45, 2.75) is 19.0 Å². The molecule has 0 spiro atoms. The van der Waals surface area contributed by atoms with Gasteiger partial charge in [0.15, 0.2) is 6.19 Å². The quantitative estimate of drug-likeness (QED) is 0.442. The van der Waals surface area contributed by atoms with E-state index in [9.17, 15) is 0 Å². The molecule has 0 aromatic carbocycles. The molecule has 44 valence electrons. The summed E-state index contributed by atoms with van der Waals surface area (Å²) in [6.45, 7) is 0.845. The lowest BCUT2D eigenvalue weighted by atomic mass is 10.3. The topological polar surface area (TPSA) is 53.0 Å². The summed E-state index contributed by atoms with van der Waals surface area (Å²) in [6, 6.07) is 0. The van der Waals surface area contributed by atoms with Gasteiger partial charge in [0.2, 0.25) is 0 Å². The number of nitrogens with zero attached hydrogens (tertiary/aromatic N) is 2. The highest BCUT2D eigenvalue weighted by Crippen LogP contribution is 2.09. The fraction of sp³-hybridized carbons (Fsp3) is 0.800. The van der Waals surface area contributed by atoms with Crippen LogP contribution in [0, 0.1) is 11.5 Å². The lowest BCUT2D eigenvalue weighted by Gasteiger charge is -2.10. The molecule has 1 rings (SSSR count). The van der Waals surface area contributed by atoms with E-state index in [2.05, 4.69) is 0 Å². The maximum absolute atomic E-state index is 8.33. The fourth-order valence-electron chi connectivity index (χ4n) is 0.917. The molecule has 0 aromatic rings. The number of hydrogen-bond acceptors (Lipinski definition) is 3. The Kier molecular flexibility index (Phi) is 1.36. The summed E-state index contributed by atoms with van der Waals surface area (Å²) < 4.78 is 0. The molecule has 0 aliphatic carbocycles. The Morgan fingerprint density at radius 3 is 2.75 bits per heavy atom. The normalized spacial score (nSPS) is 28.0. The molecule has 2 N–H and O–H groups in total. The van der Waals surface area contributed by atoms with Crippen molar-refractivity contribution in [2.24, 2.45) is 5.73 Å². The third kappa shape index (κ3) is 0.749. The largest absolute Gasteiger partial charge is 0.311 e. The number of likely N-dealkylation sites (tertiary alicyclic amines) is 1. The van der Waals surface area contributed by atoms with Crippen LogP contribution in [0.2, 0.25) is 0 Å². The van der Waals surface area contributed by atoms with Crippen LogP contribution in [-0.2, 0) is 0 Å². The Morgan fingerprint density at radius 1 is 1.75 bits per heavy atom. The Hall–Kier alpha value is -0.750. The number of nitriles is 1. The molecule has 1 saturated heterocycles. The zero-order chi connectivity index (χ0) is 5.98. The van der Waals surface area contributed by atoms with E-state index in [4.69, 9.17) is 11.0 Å². The Balaban J connectivity index is 2.45. The van der Waals surface area contributed by atoms with Gasteiger partial charge in [0.25, 0.3) is 0 Å². The van der Waals surface area contributed by atoms with E-state index in [-0.39, 0.29) is 6.17 Å². The highest BCUT2D eigenvalue weighted by molar-refractivity contribution is 4.83. The zero-order valence-electron chi connectivity index (χ0n) is 4.67. The molecule has 1 heterocycles. The van der Waals surface area contributed by atoms with Crippen LogP contribution >= 0.6 is 0 Å². The molecule has 1 unspecified atom stereocenters. The van der Waals surface area contributed by atoms with Crippen LogP contribution in [0.5, 0.6) is 0 Å². The molecule has 8 heavy (non-hydrogen) atoms. The zero-order valence-corrected chi connectivity index (χ0v) is 4.67. The highest BCUT2D eigenvalue weighted by atomic mass is 15.2. The average molecular weight is 111 g/mol. The third-order valence-corrected chi connectivity index (χ3v) is 1.43. The van der Waals surface area contributed by atoms with Gasteiger partial charge in [0.1, 0.15) is 0 Å². The van der Waals surface area contributed by atoms with Crippen LogP contribution in [-0.4, -0.2) is 17.6 Å². The molecule has 1 aliphatic heterocycles. The summed E-state index contributed by atoms with van der Waals surface area (Å²) in [5, 5.41) is 8.33. The van der Waals surface area contributed by atoms with Crippen molar-refractivity contribution >= 4 is 0 Å². The van der Waals surface area contributed by atoms with Gasteiger partial charge in [-0.1, -0.05) is 0 Å². The van der Waals surface area contributed by atoms with Crippen LogP contribution in [0.3, 0.4) is 0 Å². The molecule has 0 amide bonds. The second-order valence-corrected chi connectivity index (χ2v) is 2.00. The second kappa shape index (κ2) is 2.01. The van der Waals surface area contributed by atoms with E-state index in [0.29, 0.717) is 0 Å². The maximum Gasteiger partial charge on any atom is 0.180 e. The van der Waals surface area contributed by atoms with Gasteiger partial charge in [-0.15, -0.1) is 0 Å². The standard InChI is InChI=1S/C5H9N3/c6-4-8-3-1-2-5(8)7/h5H,1-3,7H2. The molecule has 1 aliphatic rings. The molecule has 0 saturated carbocycles. The van der Waals surface area contributed by atoms with E-state index >= 15 is 0 Å². The summed E-state index contributed by atoms with van der Waals surface area (Å²) in [5.41, 5.74) is 5.49. The molecular weight excluding hydrogens is 102 g/mol. The van der Waals surface area contributed by atoms with Gasteiger partial charge in [-0.2, -0.15) is 5.26 Å². The number of nitrogens with two attached hydrogens (primary N) is 1. The maximum atomic E-state index is 8.33. The SMILES string of the molecule is N#CN1CCCC1N. The van der Waals surface area contributed by atoms with Gasteiger partial charge in [-0.05, 0) is 12.8 Å². The van der Waals surface area contributed by atoms with E-state index in [1.54, 1.807) is 4.90 Å². The number of rotatable bonds is 0. The Morgan fingerprint density at radius 2 is 2.50 bits per heavy atom. The molecule has 3 nitrogen and oxygen atoms in total. The lowest BCUT2D eigenvalue weighted by molar-refractivity contribution is 0.374. The predicted octanol–water partition coefficient (Wildman–Crippen LogP) is -0.152. The summed E-state index contributed by atoms with van der Waals surface area (Å²) in [5.74, 6) is 0. The molecule has 0 bridgehead atoms. The molecule has 1 fully saturated rings. The van der Waals surface area contributed by atoms with E-state index in [1.165, 1.54) is 0 Å². The van der Waals surface area contributed by atoms with Gasteiger partial charge in [-0.3, -0.25) is 4.90 Å². The first-order valence-corrected chi connectivity index (χ1v) is 2.76.